The monoisotopic (exact) mass is 206 g/mol. The van der Waals surface area contributed by atoms with Crippen LogP contribution in [0.5, 0.6) is 0 Å². The summed E-state index contributed by atoms with van der Waals surface area (Å²) in [6, 6.07) is 0. The fourth-order valence-electron chi connectivity index (χ4n) is 0.958. The van der Waals surface area contributed by atoms with Gasteiger partial charge in [-0.2, -0.15) is 0 Å². The Kier molecular flexibility index (Phi) is 5.21. The van der Waals surface area contributed by atoms with E-state index in [1.54, 1.807) is 13.8 Å². The maximum Gasteiger partial charge on any atom is 0.150 e. The van der Waals surface area contributed by atoms with Crippen LogP contribution in [0.1, 0.15) is 33.6 Å². The Bertz CT molecular complexity index is 252. The molecule has 0 aliphatic rings. The second-order valence-corrected chi connectivity index (χ2v) is 5.83. The maximum absolute atomic E-state index is 11.2. The van der Waals surface area contributed by atoms with Gasteiger partial charge < -0.3 is 0 Å². The Morgan fingerprint density at radius 3 is 2.15 bits per heavy atom. The summed E-state index contributed by atoms with van der Waals surface area (Å²) in [6.07, 6.45) is 0.790. The van der Waals surface area contributed by atoms with E-state index in [4.69, 9.17) is 0 Å². The molecule has 0 aromatic heterocycles. The van der Waals surface area contributed by atoms with Gasteiger partial charge in [-0.3, -0.25) is 4.79 Å². The molecule has 78 valence electrons. The van der Waals surface area contributed by atoms with Gasteiger partial charge in [-0.05, 0) is 6.42 Å². The first-order valence-corrected chi connectivity index (χ1v) is 6.44. The number of hydrogen-bond acceptors (Lipinski definition) is 3. The largest absolute Gasteiger partial charge is 0.299 e. The fourth-order valence-corrected chi connectivity index (χ4v) is 2.30. The van der Waals surface area contributed by atoms with Crippen LogP contribution in [0, 0.1) is 5.92 Å². The van der Waals surface area contributed by atoms with Crippen LogP contribution in [0.25, 0.3) is 0 Å². The third kappa shape index (κ3) is 5.80. The number of carbonyl (C=O) groups is 1. The quantitative estimate of drug-likeness (QED) is 0.660. The molecule has 0 N–H and O–H groups in total. The maximum atomic E-state index is 11.2. The van der Waals surface area contributed by atoms with E-state index in [1.807, 2.05) is 6.92 Å². The molecule has 4 heteroatoms. The molecule has 0 amide bonds. The van der Waals surface area contributed by atoms with Gasteiger partial charge in [0.1, 0.15) is 5.78 Å². The molecular formula is C9H18O3S. The van der Waals surface area contributed by atoms with Crippen molar-refractivity contribution in [1.29, 1.82) is 0 Å². The standard InChI is InChI=1S/C9H18O3S/c1-4-6-13(11,12)7-5-9(10)8(2)3/h8H,4-7H2,1-3H3. The van der Waals surface area contributed by atoms with E-state index < -0.39 is 9.84 Å². The van der Waals surface area contributed by atoms with Crippen molar-refractivity contribution in [3.8, 4) is 0 Å². The zero-order valence-electron chi connectivity index (χ0n) is 8.54. The molecule has 0 aromatic carbocycles. The molecule has 13 heavy (non-hydrogen) atoms. The first-order valence-electron chi connectivity index (χ1n) is 4.62. The fraction of sp³-hybridized carbons (Fsp3) is 0.889. The zero-order chi connectivity index (χ0) is 10.5. The van der Waals surface area contributed by atoms with E-state index in [-0.39, 0.29) is 29.6 Å². The molecule has 0 unspecified atom stereocenters. The third-order valence-electron chi connectivity index (χ3n) is 1.82. The SMILES string of the molecule is CCCS(=O)(=O)CCC(=O)C(C)C. The second-order valence-electron chi connectivity index (χ2n) is 3.52. The van der Waals surface area contributed by atoms with Gasteiger partial charge in [0.05, 0.1) is 5.75 Å². The number of Topliss-reactive ketones (excluding diaryl/α,β-unsaturated/α-hetero) is 1. The molecule has 0 heterocycles. The predicted octanol–water partition coefficient (Wildman–Crippen LogP) is 1.43. The summed E-state index contributed by atoms with van der Waals surface area (Å²) in [5, 5.41) is 0. The Hall–Kier alpha value is -0.380. The normalized spacial score (nSPS) is 12.0. The Morgan fingerprint density at radius 1 is 1.23 bits per heavy atom. The molecule has 0 saturated heterocycles. The first kappa shape index (κ1) is 12.6. The number of hydrogen-bond donors (Lipinski definition) is 0. The minimum Gasteiger partial charge on any atom is -0.299 e. The van der Waals surface area contributed by atoms with Gasteiger partial charge in [0.15, 0.2) is 9.84 Å². The molecule has 0 saturated carbocycles. The minimum absolute atomic E-state index is 0.0118. The van der Waals surface area contributed by atoms with Crippen LogP contribution in [-0.2, 0) is 14.6 Å². The van der Waals surface area contributed by atoms with Crippen molar-refractivity contribution in [2.75, 3.05) is 11.5 Å². The summed E-state index contributed by atoms with van der Waals surface area (Å²) in [5.41, 5.74) is 0. The lowest BCUT2D eigenvalue weighted by Crippen LogP contribution is -2.16. The van der Waals surface area contributed by atoms with Gasteiger partial charge in [0.25, 0.3) is 0 Å². The van der Waals surface area contributed by atoms with Crippen molar-refractivity contribution in [2.45, 2.75) is 33.6 Å². The van der Waals surface area contributed by atoms with Crippen molar-refractivity contribution in [3.63, 3.8) is 0 Å². The summed E-state index contributed by atoms with van der Waals surface area (Å²) < 4.78 is 22.4. The van der Waals surface area contributed by atoms with E-state index in [9.17, 15) is 13.2 Å². The number of rotatable bonds is 6. The van der Waals surface area contributed by atoms with Crippen LogP contribution < -0.4 is 0 Å². The lowest BCUT2D eigenvalue weighted by molar-refractivity contribution is -0.121. The van der Waals surface area contributed by atoms with Crippen LogP contribution in [0.2, 0.25) is 0 Å². The molecule has 0 radical (unpaired) electrons. The highest BCUT2D eigenvalue weighted by atomic mass is 32.2. The molecule has 0 fully saturated rings. The molecule has 0 aliphatic carbocycles. The third-order valence-corrected chi connectivity index (χ3v) is 3.67. The first-order chi connectivity index (χ1) is 5.89. The van der Waals surface area contributed by atoms with Gasteiger partial charge in [-0.25, -0.2) is 8.42 Å². The lowest BCUT2D eigenvalue weighted by atomic mass is 10.1. The molecule has 0 atom stereocenters. The summed E-state index contributed by atoms with van der Waals surface area (Å²) in [7, 11) is -2.98. The number of ketones is 1. The summed E-state index contributed by atoms with van der Waals surface area (Å²) >= 11 is 0. The van der Waals surface area contributed by atoms with E-state index in [0.29, 0.717) is 6.42 Å². The van der Waals surface area contributed by atoms with Crippen molar-refractivity contribution in [2.24, 2.45) is 5.92 Å². The van der Waals surface area contributed by atoms with Crippen molar-refractivity contribution < 1.29 is 13.2 Å². The highest BCUT2D eigenvalue weighted by molar-refractivity contribution is 7.91. The van der Waals surface area contributed by atoms with Crippen molar-refractivity contribution >= 4 is 15.6 Å². The van der Waals surface area contributed by atoms with Crippen LogP contribution >= 0.6 is 0 Å². The Balaban J connectivity index is 3.96. The van der Waals surface area contributed by atoms with Crippen LogP contribution in [0.3, 0.4) is 0 Å². The lowest BCUT2D eigenvalue weighted by Gasteiger charge is -2.04. The number of carbonyl (C=O) groups excluding carboxylic acids is 1. The topological polar surface area (TPSA) is 51.2 Å². The van der Waals surface area contributed by atoms with Gasteiger partial charge >= 0.3 is 0 Å². The van der Waals surface area contributed by atoms with Crippen LogP contribution in [0.15, 0.2) is 0 Å². The molecule has 0 spiro atoms. The van der Waals surface area contributed by atoms with E-state index in [0.717, 1.165) is 0 Å². The van der Waals surface area contributed by atoms with Crippen molar-refractivity contribution in [1.82, 2.24) is 0 Å². The second kappa shape index (κ2) is 5.37. The summed E-state index contributed by atoms with van der Waals surface area (Å²) in [5.74, 6) is 0.174. The molecule has 0 aromatic rings. The van der Waals surface area contributed by atoms with Crippen LogP contribution in [0.4, 0.5) is 0 Å². The smallest absolute Gasteiger partial charge is 0.150 e. The highest BCUT2D eigenvalue weighted by Gasteiger charge is 2.14. The molecule has 0 bridgehead atoms. The van der Waals surface area contributed by atoms with E-state index in [1.165, 1.54) is 0 Å². The average Bonchev–Trinajstić information content (AvgIpc) is 2.00. The molecular weight excluding hydrogens is 188 g/mol. The van der Waals surface area contributed by atoms with Crippen molar-refractivity contribution in [3.05, 3.63) is 0 Å². The summed E-state index contributed by atoms with van der Waals surface area (Å²) in [4.78, 5) is 11.1. The molecule has 0 aliphatic heterocycles. The molecule has 3 nitrogen and oxygen atoms in total. The summed E-state index contributed by atoms with van der Waals surface area (Å²) in [6.45, 7) is 5.39. The van der Waals surface area contributed by atoms with E-state index >= 15 is 0 Å². The van der Waals surface area contributed by atoms with E-state index in [2.05, 4.69) is 0 Å². The zero-order valence-corrected chi connectivity index (χ0v) is 9.36. The van der Waals surface area contributed by atoms with Gasteiger partial charge in [-0.15, -0.1) is 0 Å². The van der Waals surface area contributed by atoms with Gasteiger partial charge in [0, 0.05) is 18.1 Å². The molecule has 0 rings (SSSR count). The Morgan fingerprint density at radius 2 is 1.77 bits per heavy atom. The van der Waals surface area contributed by atoms with Crippen LogP contribution in [-0.4, -0.2) is 25.7 Å². The average molecular weight is 206 g/mol. The minimum atomic E-state index is -2.98. The highest BCUT2D eigenvalue weighted by Crippen LogP contribution is 2.03. The Labute approximate surface area is 80.4 Å². The van der Waals surface area contributed by atoms with Gasteiger partial charge in [-0.1, -0.05) is 20.8 Å². The number of sulfone groups is 1. The van der Waals surface area contributed by atoms with Gasteiger partial charge in [0.2, 0.25) is 0 Å². The predicted molar refractivity (Wildman–Crippen MR) is 53.4 cm³/mol.